The van der Waals surface area contributed by atoms with Gasteiger partial charge in [-0.25, -0.2) is 0 Å². The number of aromatic amines is 1. The van der Waals surface area contributed by atoms with E-state index in [1.807, 2.05) is 11.8 Å². The molecule has 4 heteroatoms. The smallest absolute Gasteiger partial charge is 0.178 e. The maximum atomic E-state index is 5.45. The van der Waals surface area contributed by atoms with Crippen LogP contribution in [0.2, 0.25) is 0 Å². The van der Waals surface area contributed by atoms with Crippen molar-refractivity contribution in [2.24, 2.45) is 0 Å². The summed E-state index contributed by atoms with van der Waals surface area (Å²) in [5.41, 5.74) is 3.63. The third-order valence-electron chi connectivity index (χ3n) is 3.20. The average Bonchev–Trinajstić information content (AvgIpc) is 2.64. The van der Waals surface area contributed by atoms with Crippen molar-refractivity contribution in [3.05, 3.63) is 28.5 Å². The normalized spacial score (nSPS) is 13.1. The number of benzene rings is 1. The molecular weight excluding hydrogens is 260 g/mol. The largest absolute Gasteiger partial charge is 0.331 e. The van der Waals surface area contributed by atoms with E-state index in [9.17, 15) is 0 Å². The van der Waals surface area contributed by atoms with Gasteiger partial charge in [-0.3, -0.25) is 0 Å². The summed E-state index contributed by atoms with van der Waals surface area (Å²) in [6.07, 6.45) is 1.16. The van der Waals surface area contributed by atoms with Gasteiger partial charge in [0.2, 0.25) is 0 Å². The molecule has 0 spiro atoms. The molecule has 0 aliphatic carbocycles. The van der Waals surface area contributed by atoms with Crippen molar-refractivity contribution in [1.29, 1.82) is 0 Å². The predicted molar refractivity (Wildman–Crippen MR) is 84.2 cm³/mol. The number of aryl methyl sites for hydroxylation is 1. The Morgan fingerprint density at radius 2 is 2.22 bits per heavy atom. The Kier molecular flexibility index (Phi) is 4.51. The van der Waals surface area contributed by atoms with Crippen molar-refractivity contribution in [2.45, 2.75) is 33.2 Å². The fourth-order valence-electron chi connectivity index (χ4n) is 2.21. The summed E-state index contributed by atoms with van der Waals surface area (Å²) < 4.78 is 3.09. The van der Waals surface area contributed by atoms with Crippen molar-refractivity contribution < 1.29 is 0 Å². The molecular formula is C14H20N2S2. The molecule has 0 saturated heterocycles. The number of imidazole rings is 1. The standard InChI is InChI=1S/C14H20N2S2/c1-4-18-8-7-11(3)16-13-6-5-10(2)9-12(13)15-14(16)17/h5-6,9,11H,4,7-8H2,1-3H3,(H,15,17). The van der Waals surface area contributed by atoms with Gasteiger partial charge in [-0.2, -0.15) is 11.8 Å². The highest BCUT2D eigenvalue weighted by atomic mass is 32.2. The van der Waals surface area contributed by atoms with E-state index in [2.05, 4.69) is 48.5 Å². The second kappa shape index (κ2) is 5.93. The van der Waals surface area contributed by atoms with Gasteiger partial charge in [0.25, 0.3) is 0 Å². The van der Waals surface area contributed by atoms with Crippen LogP contribution in [0, 0.1) is 11.7 Å². The van der Waals surface area contributed by atoms with E-state index in [0.29, 0.717) is 6.04 Å². The van der Waals surface area contributed by atoms with Crippen LogP contribution in [0.25, 0.3) is 11.0 Å². The van der Waals surface area contributed by atoms with Crippen LogP contribution in [-0.2, 0) is 0 Å². The van der Waals surface area contributed by atoms with Crippen molar-refractivity contribution in [3.63, 3.8) is 0 Å². The van der Waals surface area contributed by atoms with E-state index in [1.165, 1.54) is 22.6 Å². The average molecular weight is 280 g/mol. The third-order valence-corrected chi connectivity index (χ3v) is 4.43. The molecule has 0 radical (unpaired) electrons. The molecule has 0 saturated carbocycles. The Labute approximate surface area is 118 Å². The minimum atomic E-state index is 0.452. The van der Waals surface area contributed by atoms with Crippen LogP contribution in [0.5, 0.6) is 0 Å². The summed E-state index contributed by atoms with van der Waals surface area (Å²) in [5, 5.41) is 0. The van der Waals surface area contributed by atoms with E-state index in [-0.39, 0.29) is 0 Å². The lowest BCUT2D eigenvalue weighted by Crippen LogP contribution is -2.06. The van der Waals surface area contributed by atoms with Crippen molar-refractivity contribution >= 4 is 35.0 Å². The van der Waals surface area contributed by atoms with Crippen LogP contribution < -0.4 is 0 Å². The van der Waals surface area contributed by atoms with E-state index in [1.54, 1.807) is 0 Å². The lowest BCUT2D eigenvalue weighted by atomic mass is 10.2. The Hall–Kier alpha value is -0.740. The second-order valence-electron chi connectivity index (χ2n) is 4.66. The molecule has 0 aliphatic rings. The number of nitrogens with one attached hydrogen (secondary N) is 1. The first kappa shape index (κ1) is 13.7. The summed E-state index contributed by atoms with van der Waals surface area (Å²) in [6.45, 7) is 6.56. The maximum absolute atomic E-state index is 5.45. The topological polar surface area (TPSA) is 20.7 Å². The molecule has 98 valence electrons. The number of rotatable bonds is 5. The molecule has 1 heterocycles. The molecule has 1 aromatic heterocycles. The van der Waals surface area contributed by atoms with E-state index >= 15 is 0 Å². The van der Waals surface area contributed by atoms with Gasteiger partial charge in [0.15, 0.2) is 4.77 Å². The molecule has 1 unspecified atom stereocenters. The summed E-state index contributed by atoms with van der Waals surface area (Å²) in [5.74, 6) is 2.38. The van der Waals surface area contributed by atoms with Crippen LogP contribution in [0.3, 0.4) is 0 Å². The summed E-state index contributed by atoms with van der Waals surface area (Å²) >= 11 is 7.44. The second-order valence-corrected chi connectivity index (χ2v) is 6.44. The first-order valence-electron chi connectivity index (χ1n) is 6.42. The van der Waals surface area contributed by atoms with Gasteiger partial charge in [-0.05, 0) is 61.7 Å². The molecule has 1 N–H and O–H groups in total. The van der Waals surface area contributed by atoms with E-state index < -0.39 is 0 Å². The number of hydrogen-bond acceptors (Lipinski definition) is 2. The molecule has 2 aromatic rings. The minimum absolute atomic E-state index is 0.452. The van der Waals surface area contributed by atoms with Gasteiger partial charge in [0, 0.05) is 6.04 Å². The minimum Gasteiger partial charge on any atom is -0.331 e. The van der Waals surface area contributed by atoms with Gasteiger partial charge in [0.1, 0.15) is 0 Å². The van der Waals surface area contributed by atoms with Crippen molar-refractivity contribution in [2.75, 3.05) is 11.5 Å². The first-order valence-corrected chi connectivity index (χ1v) is 7.98. The highest BCUT2D eigenvalue weighted by Gasteiger charge is 2.10. The Balaban J connectivity index is 2.32. The lowest BCUT2D eigenvalue weighted by Gasteiger charge is -2.14. The van der Waals surface area contributed by atoms with Crippen LogP contribution in [-0.4, -0.2) is 21.1 Å². The number of fused-ring (bicyclic) bond motifs is 1. The third kappa shape index (κ3) is 2.81. The summed E-state index contributed by atoms with van der Waals surface area (Å²) in [6, 6.07) is 6.93. The molecule has 1 aromatic carbocycles. The van der Waals surface area contributed by atoms with Gasteiger partial charge < -0.3 is 9.55 Å². The Morgan fingerprint density at radius 1 is 1.44 bits per heavy atom. The number of H-pyrrole nitrogens is 1. The van der Waals surface area contributed by atoms with Gasteiger partial charge in [0.05, 0.1) is 11.0 Å². The Bertz CT molecular complexity index is 583. The van der Waals surface area contributed by atoms with Crippen LogP contribution in [0.15, 0.2) is 18.2 Å². The molecule has 2 rings (SSSR count). The molecule has 0 bridgehead atoms. The fourth-order valence-corrected chi connectivity index (χ4v) is 3.39. The monoisotopic (exact) mass is 280 g/mol. The zero-order chi connectivity index (χ0) is 13.1. The van der Waals surface area contributed by atoms with Crippen molar-refractivity contribution in [3.8, 4) is 0 Å². The van der Waals surface area contributed by atoms with Gasteiger partial charge in [-0.15, -0.1) is 0 Å². The van der Waals surface area contributed by atoms with Crippen LogP contribution in [0.4, 0.5) is 0 Å². The highest BCUT2D eigenvalue weighted by molar-refractivity contribution is 7.99. The van der Waals surface area contributed by atoms with E-state index in [4.69, 9.17) is 12.2 Å². The quantitative estimate of drug-likeness (QED) is 0.632. The number of nitrogens with zero attached hydrogens (tertiary/aromatic N) is 1. The number of aromatic nitrogens is 2. The van der Waals surface area contributed by atoms with E-state index in [0.717, 1.165) is 16.7 Å². The molecule has 0 aliphatic heterocycles. The van der Waals surface area contributed by atoms with Gasteiger partial charge in [-0.1, -0.05) is 13.0 Å². The fraction of sp³-hybridized carbons (Fsp3) is 0.500. The number of thioether (sulfide) groups is 1. The molecule has 18 heavy (non-hydrogen) atoms. The SMILES string of the molecule is CCSCCC(C)n1c(=S)[nH]c2cc(C)ccc21. The zero-order valence-electron chi connectivity index (χ0n) is 11.2. The molecule has 1 atom stereocenters. The zero-order valence-corrected chi connectivity index (χ0v) is 12.8. The maximum Gasteiger partial charge on any atom is 0.178 e. The van der Waals surface area contributed by atoms with Gasteiger partial charge >= 0.3 is 0 Å². The predicted octanol–water partition coefficient (Wildman–Crippen LogP) is 4.71. The molecule has 0 fully saturated rings. The molecule has 0 amide bonds. The highest BCUT2D eigenvalue weighted by Crippen LogP contribution is 2.23. The summed E-state index contributed by atoms with van der Waals surface area (Å²) in [4.78, 5) is 3.31. The first-order chi connectivity index (χ1) is 8.63. The summed E-state index contributed by atoms with van der Waals surface area (Å²) in [7, 11) is 0. The Morgan fingerprint density at radius 3 is 2.94 bits per heavy atom. The van der Waals surface area contributed by atoms with Crippen LogP contribution in [0.1, 0.15) is 31.9 Å². The molecule has 2 nitrogen and oxygen atoms in total. The number of hydrogen-bond donors (Lipinski definition) is 1. The van der Waals surface area contributed by atoms with Crippen LogP contribution >= 0.6 is 24.0 Å². The lowest BCUT2D eigenvalue weighted by molar-refractivity contribution is 0.543. The van der Waals surface area contributed by atoms with Crippen molar-refractivity contribution in [1.82, 2.24) is 9.55 Å².